The summed E-state index contributed by atoms with van der Waals surface area (Å²) < 4.78 is 0.930. The fourth-order valence-corrected chi connectivity index (χ4v) is 3.23. The van der Waals surface area contributed by atoms with Gasteiger partial charge in [-0.25, -0.2) is 9.59 Å². The van der Waals surface area contributed by atoms with E-state index in [0.29, 0.717) is 0 Å². The van der Waals surface area contributed by atoms with Gasteiger partial charge < -0.3 is 21.1 Å². The molecule has 0 saturated carbocycles. The van der Waals surface area contributed by atoms with E-state index < -0.39 is 30.0 Å². The highest BCUT2D eigenvalue weighted by Crippen LogP contribution is 2.16. The normalized spacial score (nSPS) is 13.7. The number of carboxylic acid groups (broad SMARTS) is 1. The molecule has 0 aliphatic carbocycles. The molecule has 4 N–H and O–H groups in total. The minimum Gasteiger partial charge on any atom is -0.480 e. The van der Waals surface area contributed by atoms with E-state index in [-0.39, 0.29) is 18.4 Å². The van der Waals surface area contributed by atoms with Crippen LogP contribution in [0, 0.1) is 5.92 Å². The topological polar surface area (TPSA) is 120 Å². The molecule has 2 aromatic rings. The molecule has 166 valence electrons. The van der Waals surface area contributed by atoms with Gasteiger partial charge in [0.05, 0.1) is 6.04 Å². The highest BCUT2D eigenvalue weighted by molar-refractivity contribution is 9.10. The van der Waals surface area contributed by atoms with E-state index in [9.17, 15) is 19.5 Å². The van der Waals surface area contributed by atoms with Crippen LogP contribution in [-0.4, -0.2) is 40.1 Å². The quantitative estimate of drug-likeness (QED) is 0.430. The van der Waals surface area contributed by atoms with Crippen molar-refractivity contribution >= 4 is 33.8 Å². The Labute approximate surface area is 190 Å². The molecule has 0 bridgehead atoms. The molecule has 0 fully saturated rings. The van der Waals surface area contributed by atoms with E-state index in [1.54, 1.807) is 38.4 Å². The summed E-state index contributed by atoms with van der Waals surface area (Å²) in [5.74, 6) is -2.01. The molecule has 0 aliphatic rings. The highest BCUT2D eigenvalue weighted by Gasteiger charge is 2.29. The van der Waals surface area contributed by atoms with E-state index in [1.807, 2.05) is 31.2 Å². The van der Waals surface area contributed by atoms with Gasteiger partial charge in [-0.2, -0.15) is 0 Å². The third kappa shape index (κ3) is 7.67. The van der Waals surface area contributed by atoms with Crippen molar-refractivity contribution in [3.05, 3.63) is 64.4 Å². The van der Waals surface area contributed by atoms with E-state index in [4.69, 9.17) is 0 Å². The molecule has 1 heterocycles. The monoisotopic (exact) mass is 490 g/mol. The lowest BCUT2D eigenvalue weighted by molar-refractivity contribution is -0.143. The fraction of sp³-hybridized carbons (Fsp3) is 0.364. The van der Waals surface area contributed by atoms with E-state index in [2.05, 4.69) is 36.9 Å². The lowest BCUT2D eigenvalue weighted by Gasteiger charge is -2.24. The molecule has 31 heavy (non-hydrogen) atoms. The van der Waals surface area contributed by atoms with Crippen molar-refractivity contribution in [3.8, 4) is 0 Å². The van der Waals surface area contributed by atoms with Crippen molar-refractivity contribution in [1.82, 2.24) is 20.9 Å². The van der Waals surface area contributed by atoms with Crippen LogP contribution in [-0.2, 0) is 16.0 Å². The molecule has 1 aromatic carbocycles. The number of pyridine rings is 1. The summed E-state index contributed by atoms with van der Waals surface area (Å²) in [6.45, 7) is 5.24. The summed E-state index contributed by atoms with van der Waals surface area (Å²) in [5, 5.41) is 17.4. The predicted octanol–water partition coefficient (Wildman–Crippen LogP) is 3.04. The van der Waals surface area contributed by atoms with Crippen molar-refractivity contribution in [3.63, 3.8) is 0 Å². The van der Waals surface area contributed by atoms with Crippen molar-refractivity contribution in [2.45, 2.75) is 45.3 Å². The summed E-state index contributed by atoms with van der Waals surface area (Å²) in [4.78, 5) is 41.0. The smallest absolute Gasteiger partial charge is 0.326 e. The molecule has 8 nitrogen and oxygen atoms in total. The Kier molecular flexibility index (Phi) is 8.99. The third-order valence-corrected chi connectivity index (χ3v) is 5.26. The Morgan fingerprint density at radius 2 is 1.71 bits per heavy atom. The summed E-state index contributed by atoms with van der Waals surface area (Å²) in [6, 6.07) is 8.18. The van der Waals surface area contributed by atoms with Crippen molar-refractivity contribution in [1.29, 1.82) is 0 Å². The zero-order valence-electron chi connectivity index (χ0n) is 17.6. The van der Waals surface area contributed by atoms with Gasteiger partial charge in [0.1, 0.15) is 12.1 Å². The van der Waals surface area contributed by atoms with Crippen molar-refractivity contribution < 1.29 is 19.5 Å². The Balaban J connectivity index is 2.11. The first-order chi connectivity index (χ1) is 14.7. The zero-order chi connectivity index (χ0) is 23.0. The average molecular weight is 491 g/mol. The maximum absolute atomic E-state index is 12.9. The number of urea groups is 1. The number of aromatic nitrogens is 1. The van der Waals surface area contributed by atoms with Gasteiger partial charge in [-0.05, 0) is 42.2 Å². The number of benzene rings is 1. The SMILES string of the molecule is CC(NC(=O)N[C@@H](Cc1cccnc1)C(=O)N[C@H](C(=O)O)C(C)C)c1ccc(Br)cc1. The van der Waals surface area contributed by atoms with Gasteiger partial charge in [0.15, 0.2) is 0 Å². The molecule has 1 unspecified atom stereocenters. The summed E-state index contributed by atoms with van der Waals surface area (Å²) in [7, 11) is 0. The molecule has 1 aromatic heterocycles. The van der Waals surface area contributed by atoms with Gasteiger partial charge in [0, 0.05) is 23.3 Å². The van der Waals surface area contributed by atoms with Crippen LogP contribution in [0.2, 0.25) is 0 Å². The first-order valence-electron chi connectivity index (χ1n) is 9.92. The number of amides is 3. The molecule has 0 radical (unpaired) electrons. The number of carbonyl (C=O) groups is 3. The van der Waals surface area contributed by atoms with Crippen LogP contribution in [0.1, 0.15) is 37.9 Å². The lowest BCUT2D eigenvalue weighted by atomic mass is 10.0. The fourth-order valence-electron chi connectivity index (χ4n) is 2.96. The Morgan fingerprint density at radius 3 is 2.26 bits per heavy atom. The van der Waals surface area contributed by atoms with Gasteiger partial charge in [-0.1, -0.05) is 48.0 Å². The summed E-state index contributed by atoms with van der Waals surface area (Å²) in [5.41, 5.74) is 1.64. The van der Waals surface area contributed by atoms with Gasteiger partial charge in [-0.15, -0.1) is 0 Å². The minimum absolute atomic E-state index is 0.171. The lowest BCUT2D eigenvalue weighted by Crippen LogP contribution is -2.55. The molecule has 0 aliphatic heterocycles. The average Bonchev–Trinajstić information content (AvgIpc) is 2.72. The third-order valence-electron chi connectivity index (χ3n) is 4.73. The predicted molar refractivity (Wildman–Crippen MR) is 120 cm³/mol. The van der Waals surface area contributed by atoms with Crippen LogP contribution in [0.15, 0.2) is 53.3 Å². The highest BCUT2D eigenvalue weighted by atomic mass is 79.9. The number of nitrogens with one attached hydrogen (secondary N) is 3. The number of rotatable bonds is 9. The van der Waals surface area contributed by atoms with Crippen LogP contribution >= 0.6 is 15.9 Å². The number of aliphatic carboxylic acids is 1. The molecule has 0 spiro atoms. The molecular weight excluding hydrogens is 464 g/mol. The maximum Gasteiger partial charge on any atom is 0.326 e. The number of halogens is 1. The van der Waals surface area contributed by atoms with Crippen molar-refractivity contribution in [2.75, 3.05) is 0 Å². The largest absolute Gasteiger partial charge is 0.480 e. The maximum atomic E-state index is 12.9. The van der Waals surface area contributed by atoms with Gasteiger partial charge in [-0.3, -0.25) is 9.78 Å². The zero-order valence-corrected chi connectivity index (χ0v) is 19.2. The minimum atomic E-state index is -1.13. The Morgan fingerprint density at radius 1 is 1.03 bits per heavy atom. The standard InChI is InChI=1S/C22H27BrN4O4/c1-13(2)19(21(29)30)27-20(28)18(11-15-5-4-10-24-12-15)26-22(31)25-14(3)16-6-8-17(23)9-7-16/h4-10,12-14,18-19H,11H2,1-3H3,(H,27,28)(H,29,30)(H2,25,26,31)/t14?,18-,19-/m0/s1. The second-order valence-electron chi connectivity index (χ2n) is 7.58. The first-order valence-corrected chi connectivity index (χ1v) is 10.7. The van der Waals surface area contributed by atoms with Gasteiger partial charge in [0.2, 0.25) is 5.91 Å². The second-order valence-corrected chi connectivity index (χ2v) is 8.49. The first kappa shape index (κ1) is 24.3. The number of hydrogen-bond donors (Lipinski definition) is 4. The molecule has 3 amide bonds. The van der Waals surface area contributed by atoms with Gasteiger partial charge >= 0.3 is 12.0 Å². The van der Waals surface area contributed by atoms with Crippen LogP contribution in [0.25, 0.3) is 0 Å². The summed E-state index contributed by atoms with van der Waals surface area (Å²) in [6.07, 6.45) is 3.38. The Hall–Kier alpha value is -2.94. The van der Waals surface area contributed by atoms with E-state index in [0.717, 1.165) is 15.6 Å². The number of hydrogen-bond acceptors (Lipinski definition) is 4. The van der Waals surface area contributed by atoms with Gasteiger partial charge in [0.25, 0.3) is 0 Å². The van der Waals surface area contributed by atoms with E-state index in [1.165, 1.54) is 0 Å². The second kappa shape index (κ2) is 11.5. The molecular formula is C22H27BrN4O4. The van der Waals surface area contributed by atoms with Crippen LogP contribution in [0.4, 0.5) is 4.79 Å². The molecule has 2 rings (SSSR count). The summed E-state index contributed by atoms with van der Waals surface area (Å²) >= 11 is 3.37. The number of nitrogens with zero attached hydrogens (tertiary/aromatic N) is 1. The van der Waals surface area contributed by atoms with Crippen LogP contribution in [0.5, 0.6) is 0 Å². The van der Waals surface area contributed by atoms with E-state index >= 15 is 0 Å². The number of carbonyl (C=O) groups excluding carboxylic acids is 2. The van der Waals surface area contributed by atoms with Crippen LogP contribution < -0.4 is 16.0 Å². The van der Waals surface area contributed by atoms with Crippen molar-refractivity contribution in [2.24, 2.45) is 5.92 Å². The molecule has 9 heteroatoms. The molecule has 0 saturated heterocycles. The molecule has 3 atom stereocenters. The number of carboxylic acids is 1. The van der Waals surface area contributed by atoms with Crippen LogP contribution in [0.3, 0.4) is 0 Å². The Bertz CT molecular complexity index is 890.